The maximum absolute atomic E-state index is 14.0. The molecule has 1 amide bonds. The summed E-state index contributed by atoms with van der Waals surface area (Å²) in [5.41, 5.74) is 7.36. The zero-order valence-electron chi connectivity index (χ0n) is 13.9. The third-order valence-electron chi connectivity index (χ3n) is 3.92. The molecule has 3 N–H and O–H groups in total. The van der Waals surface area contributed by atoms with Gasteiger partial charge in [-0.25, -0.2) is 8.78 Å². The molecule has 0 aliphatic carbocycles. The molecular weight excluding hydrogens is 312 g/mol. The number of amides is 1. The Morgan fingerprint density at radius 3 is 2.42 bits per heavy atom. The summed E-state index contributed by atoms with van der Waals surface area (Å²) in [7, 11) is 3.41. The first-order chi connectivity index (χ1) is 11.3. The Morgan fingerprint density at radius 2 is 1.83 bits per heavy atom. The highest BCUT2D eigenvalue weighted by atomic mass is 19.1. The molecule has 1 unspecified atom stereocenters. The number of nitrogens with two attached hydrogens (primary N) is 1. The van der Waals surface area contributed by atoms with E-state index >= 15 is 0 Å². The van der Waals surface area contributed by atoms with Crippen LogP contribution in [-0.2, 0) is 0 Å². The monoisotopic (exact) mass is 333 g/mol. The third-order valence-corrected chi connectivity index (χ3v) is 3.92. The molecule has 0 fully saturated rings. The van der Waals surface area contributed by atoms with Gasteiger partial charge in [0.1, 0.15) is 11.6 Å². The first kappa shape index (κ1) is 17.9. The molecular formula is C18H21F2N3O. The average molecular weight is 333 g/mol. The van der Waals surface area contributed by atoms with Crippen molar-refractivity contribution in [2.45, 2.75) is 13.0 Å². The van der Waals surface area contributed by atoms with Crippen LogP contribution in [0.4, 0.5) is 14.5 Å². The number of aryl methyl sites for hydroxylation is 1. The van der Waals surface area contributed by atoms with E-state index in [1.54, 1.807) is 44.1 Å². The van der Waals surface area contributed by atoms with Crippen molar-refractivity contribution in [1.29, 1.82) is 0 Å². The fourth-order valence-electron chi connectivity index (χ4n) is 2.54. The van der Waals surface area contributed by atoms with Gasteiger partial charge in [0.2, 0.25) is 0 Å². The van der Waals surface area contributed by atoms with Gasteiger partial charge in [-0.3, -0.25) is 4.79 Å². The lowest BCUT2D eigenvalue weighted by Gasteiger charge is -2.26. The lowest BCUT2D eigenvalue weighted by atomic mass is 10.0. The molecule has 2 aromatic rings. The minimum absolute atomic E-state index is 0.0629. The van der Waals surface area contributed by atoms with Crippen molar-refractivity contribution < 1.29 is 13.6 Å². The van der Waals surface area contributed by atoms with E-state index in [9.17, 15) is 13.6 Å². The Hall–Kier alpha value is -2.47. The van der Waals surface area contributed by atoms with Crippen LogP contribution in [0.25, 0.3) is 0 Å². The molecule has 0 saturated heterocycles. The van der Waals surface area contributed by atoms with Crippen LogP contribution in [0.1, 0.15) is 27.5 Å². The summed E-state index contributed by atoms with van der Waals surface area (Å²) < 4.78 is 28.1. The van der Waals surface area contributed by atoms with Crippen LogP contribution in [0.15, 0.2) is 36.4 Å². The Labute approximate surface area is 140 Å². The van der Waals surface area contributed by atoms with E-state index in [2.05, 4.69) is 5.32 Å². The molecule has 0 saturated carbocycles. The number of halogens is 2. The standard InChI is InChI=1S/C18H21F2N3O/c1-11-7-8-12(21)9-13(11)18(24)22-10-16(23(2)3)17-14(19)5-4-6-15(17)20/h4-9,16H,10,21H2,1-3H3,(H,22,24). The van der Waals surface area contributed by atoms with Crippen molar-refractivity contribution in [1.82, 2.24) is 10.2 Å². The van der Waals surface area contributed by atoms with Gasteiger partial charge in [0.15, 0.2) is 0 Å². The van der Waals surface area contributed by atoms with Crippen LogP contribution >= 0.6 is 0 Å². The molecule has 0 bridgehead atoms. The molecule has 0 aliphatic rings. The van der Waals surface area contributed by atoms with Crippen molar-refractivity contribution in [3.63, 3.8) is 0 Å². The Bertz CT molecular complexity index is 727. The number of nitrogens with one attached hydrogen (secondary N) is 1. The average Bonchev–Trinajstić information content (AvgIpc) is 2.51. The van der Waals surface area contributed by atoms with Gasteiger partial charge in [0, 0.05) is 23.4 Å². The van der Waals surface area contributed by atoms with Crippen molar-refractivity contribution in [2.24, 2.45) is 0 Å². The Kier molecular flexibility index (Phi) is 5.51. The number of rotatable bonds is 5. The first-order valence-corrected chi connectivity index (χ1v) is 7.56. The number of benzene rings is 2. The number of carbonyl (C=O) groups excluding carboxylic acids is 1. The van der Waals surface area contributed by atoms with Crippen molar-refractivity contribution in [2.75, 3.05) is 26.4 Å². The zero-order valence-corrected chi connectivity index (χ0v) is 13.9. The third kappa shape index (κ3) is 3.89. The molecule has 0 spiro atoms. The Balaban J connectivity index is 2.21. The Morgan fingerprint density at radius 1 is 1.21 bits per heavy atom. The summed E-state index contributed by atoms with van der Waals surface area (Å²) in [4.78, 5) is 14.0. The molecule has 2 aromatic carbocycles. The van der Waals surface area contributed by atoms with E-state index in [1.807, 2.05) is 0 Å². The van der Waals surface area contributed by atoms with Crippen molar-refractivity contribution >= 4 is 11.6 Å². The smallest absolute Gasteiger partial charge is 0.251 e. The fourth-order valence-corrected chi connectivity index (χ4v) is 2.54. The maximum atomic E-state index is 14.0. The van der Waals surface area contributed by atoms with Gasteiger partial charge in [0.05, 0.1) is 6.04 Å². The van der Waals surface area contributed by atoms with Gasteiger partial charge in [-0.1, -0.05) is 12.1 Å². The topological polar surface area (TPSA) is 58.4 Å². The van der Waals surface area contributed by atoms with Crippen molar-refractivity contribution in [3.8, 4) is 0 Å². The van der Waals surface area contributed by atoms with E-state index in [0.29, 0.717) is 11.3 Å². The van der Waals surface area contributed by atoms with Gasteiger partial charge in [-0.05, 0) is 50.8 Å². The molecule has 128 valence electrons. The van der Waals surface area contributed by atoms with E-state index in [1.165, 1.54) is 18.2 Å². The highest BCUT2D eigenvalue weighted by molar-refractivity contribution is 5.96. The van der Waals surface area contributed by atoms with Crippen LogP contribution in [0.2, 0.25) is 0 Å². The number of hydrogen-bond acceptors (Lipinski definition) is 3. The molecule has 0 aliphatic heterocycles. The molecule has 2 rings (SSSR count). The molecule has 24 heavy (non-hydrogen) atoms. The van der Waals surface area contributed by atoms with E-state index in [4.69, 9.17) is 5.73 Å². The van der Waals surface area contributed by atoms with E-state index < -0.39 is 17.7 Å². The molecule has 0 aromatic heterocycles. The minimum Gasteiger partial charge on any atom is -0.399 e. The van der Waals surface area contributed by atoms with Crippen molar-refractivity contribution in [3.05, 3.63) is 64.7 Å². The summed E-state index contributed by atoms with van der Waals surface area (Å²) in [6, 6.07) is 8.15. The molecule has 0 heterocycles. The largest absolute Gasteiger partial charge is 0.399 e. The van der Waals surface area contributed by atoms with Gasteiger partial charge in [-0.15, -0.1) is 0 Å². The number of nitrogen functional groups attached to an aromatic ring is 1. The number of nitrogens with zero attached hydrogens (tertiary/aromatic N) is 1. The molecule has 1 atom stereocenters. The SMILES string of the molecule is Cc1ccc(N)cc1C(=O)NCC(c1c(F)cccc1F)N(C)C. The number of hydrogen-bond donors (Lipinski definition) is 2. The number of likely N-dealkylation sites (N-methyl/N-ethyl adjacent to an activating group) is 1. The van der Waals surface area contributed by atoms with Gasteiger partial charge in [-0.2, -0.15) is 0 Å². The summed E-state index contributed by atoms with van der Waals surface area (Å²) in [6.45, 7) is 1.87. The lowest BCUT2D eigenvalue weighted by Crippen LogP contribution is -2.35. The second kappa shape index (κ2) is 7.40. The predicted molar refractivity (Wildman–Crippen MR) is 90.7 cm³/mol. The lowest BCUT2D eigenvalue weighted by molar-refractivity contribution is 0.0940. The second-order valence-corrected chi connectivity index (χ2v) is 5.90. The molecule has 0 radical (unpaired) electrons. The highest BCUT2D eigenvalue weighted by Crippen LogP contribution is 2.24. The van der Waals surface area contributed by atoms with E-state index in [0.717, 1.165) is 5.56 Å². The van der Waals surface area contributed by atoms with Crippen LogP contribution in [-0.4, -0.2) is 31.4 Å². The zero-order chi connectivity index (χ0) is 17.9. The van der Waals surface area contributed by atoms with E-state index in [-0.39, 0.29) is 18.0 Å². The van der Waals surface area contributed by atoms with Gasteiger partial charge >= 0.3 is 0 Å². The summed E-state index contributed by atoms with van der Waals surface area (Å²) >= 11 is 0. The second-order valence-electron chi connectivity index (χ2n) is 5.90. The number of anilines is 1. The summed E-state index contributed by atoms with van der Waals surface area (Å²) in [5.74, 6) is -1.60. The summed E-state index contributed by atoms with van der Waals surface area (Å²) in [5, 5.41) is 2.73. The van der Waals surface area contributed by atoms with Gasteiger partial charge < -0.3 is 16.0 Å². The molecule has 6 heteroatoms. The number of carbonyl (C=O) groups is 1. The normalized spacial score (nSPS) is 12.2. The van der Waals surface area contributed by atoms with Crippen LogP contribution in [0.5, 0.6) is 0 Å². The van der Waals surface area contributed by atoms with Gasteiger partial charge in [0.25, 0.3) is 5.91 Å². The summed E-state index contributed by atoms with van der Waals surface area (Å²) in [6.07, 6.45) is 0. The maximum Gasteiger partial charge on any atom is 0.251 e. The minimum atomic E-state index is -0.636. The highest BCUT2D eigenvalue weighted by Gasteiger charge is 2.23. The van der Waals surface area contributed by atoms with Crippen LogP contribution in [0, 0.1) is 18.6 Å². The predicted octanol–water partition coefficient (Wildman–Crippen LogP) is 2.89. The fraction of sp³-hybridized carbons (Fsp3) is 0.278. The quantitative estimate of drug-likeness (QED) is 0.827. The molecule has 4 nitrogen and oxygen atoms in total. The van der Waals surface area contributed by atoms with Crippen LogP contribution < -0.4 is 11.1 Å². The van der Waals surface area contributed by atoms with Crippen LogP contribution in [0.3, 0.4) is 0 Å². The first-order valence-electron chi connectivity index (χ1n) is 7.56.